The highest BCUT2D eigenvalue weighted by Crippen LogP contribution is 2.17. The van der Waals surface area contributed by atoms with Crippen LogP contribution in [0.1, 0.15) is 30.5 Å². The van der Waals surface area contributed by atoms with Gasteiger partial charge >= 0.3 is 0 Å². The second-order valence-electron chi connectivity index (χ2n) is 5.27. The van der Waals surface area contributed by atoms with Crippen LogP contribution in [0.15, 0.2) is 53.7 Å². The molecule has 0 radical (unpaired) electrons. The van der Waals surface area contributed by atoms with E-state index in [0.29, 0.717) is 18.4 Å². The Kier molecular flexibility index (Phi) is 5.46. The average Bonchev–Trinajstić information content (AvgIpc) is 2.53. The lowest BCUT2D eigenvalue weighted by molar-refractivity contribution is -0.121. The molecule has 0 aliphatic heterocycles. The van der Waals surface area contributed by atoms with E-state index in [0.717, 1.165) is 5.56 Å². The third kappa shape index (κ3) is 5.15. The molecule has 0 aliphatic rings. The molecule has 0 fully saturated rings. The van der Waals surface area contributed by atoms with Gasteiger partial charge in [0, 0.05) is 18.8 Å². The molecule has 0 saturated carbocycles. The van der Waals surface area contributed by atoms with Crippen molar-refractivity contribution in [1.29, 1.82) is 0 Å². The van der Waals surface area contributed by atoms with Crippen molar-refractivity contribution in [2.24, 2.45) is 5.14 Å². The summed E-state index contributed by atoms with van der Waals surface area (Å²) in [5.41, 5.74) is 1.68. The second-order valence-corrected chi connectivity index (χ2v) is 6.83. The molecule has 3 N–H and O–H groups in total. The van der Waals surface area contributed by atoms with E-state index in [-0.39, 0.29) is 16.8 Å². The van der Waals surface area contributed by atoms with Crippen LogP contribution >= 0.6 is 0 Å². The number of aryl methyl sites for hydroxylation is 1. The largest absolute Gasteiger partial charge is 0.350 e. The van der Waals surface area contributed by atoms with E-state index < -0.39 is 10.0 Å². The minimum atomic E-state index is -3.75. The van der Waals surface area contributed by atoms with E-state index in [9.17, 15) is 13.2 Å². The fourth-order valence-electron chi connectivity index (χ4n) is 2.16. The first-order chi connectivity index (χ1) is 10.9. The van der Waals surface area contributed by atoms with Gasteiger partial charge in [-0.15, -0.1) is 0 Å². The zero-order valence-corrected chi connectivity index (χ0v) is 13.6. The number of primary sulfonamides is 1. The summed E-state index contributed by atoms with van der Waals surface area (Å²) in [6.45, 7) is 1.80. The Balaban J connectivity index is 1.96. The van der Waals surface area contributed by atoms with Gasteiger partial charge in [0.2, 0.25) is 15.9 Å². The van der Waals surface area contributed by atoms with Crippen molar-refractivity contribution >= 4 is 15.9 Å². The van der Waals surface area contributed by atoms with Gasteiger partial charge in [-0.05, 0) is 42.7 Å². The van der Waals surface area contributed by atoms with Crippen molar-refractivity contribution < 1.29 is 13.2 Å². The number of hydrogen-bond donors (Lipinski definition) is 2. The molecule has 122 valence electrons. The Labute approximate surface area is 135 Å². The predicted molar refractivity (Wildman–Crippen MR) is 86.9 cm³/mol. The van der Waals surface area contributed by atoms with Crippen LogP contribution in [0.4, 0.5) is 0 Å². The summed E-state index contributed by atoms with van der Waals surface area (Å²) < 4.78 is 22.7. The molecule has 2 aromatic rings. The first-order valence-corrected chi connectivity index (χ1v) is 8.72. The number of aromatic nitrogens is 1. The molecule has 1 heterocycles. The van der Waals surface area contributed by atoms with Crippen molar-refractivity contribution in [3.05, 3.63) is 59.9 Å². The third-order valence-corrected chi connectivity index (χ3v) is 4.34. The Morgan fingerprint density at radius 2 is 2.09 bits per heavy atom. The van der Waals surface area contributed by atoms with E-state index >= 15 is 0 Å². The van der Waals surface area contributed by atoms with Crippen LogP contribution in [0, 0.1) is 0 Å². The van der Waals surface area contributed by atoms with Crippen LogP contribution in [-0.2, 0) is 21.2 Å². The van der Waals surface area contributed by atoms with Gasteiger partial charge in [-0.25, -0.2) is 13.6 Å². The number of nitrogens with zero attached hydrogens (tertiary/aromatic N) is 1. The molecule has 1 unspecified atom stereocenters. The molecule has 2 rings (SSSR count). The summed E-state index contributed by atoms with van der Waals surface area (Å²) in [5, 5.41) is 7.97. The van der Waals surface area contributed by atoms with Crippen molar-refractivity contribution in [2.75, 3.05) is 0 Å². The first-order valence-electron chi connectivity index (χ1n) is 7.17. The standard InChI is InChI=1S/C16H19N3O3S/c1-12(14-5-2-6-15(10-14)23(17,21)22)19-16(20)8-7-13-4-3-9-18-11-13/h2-6,9-12H,7-8H2,1H3,(H,19,20)(H2,17,21,22). The van der Waals surface area contributed by atoms with Gasteiger partial charge in [-0.3, -0.25) is 9.78 Å². The normalized spacial score (nSPS) is 12.6. The molecule has 7 heteroatoms. The highest BCUT2D eigenvalue weighted by molar-refractivity contribution is 7.89. The Morgan fingerprint density at radius 1 is 1.30 bits per heavy atom. The van der Waals surface area contributed by atoms with E-state index in [2.05, 4.69) is 10.3 Å². The predicted octanol–water partition coefficient (Wildman–Crippen LogP) is 1.54. The number of benzene rings is 1. The number of amides is 1. The van der Waals surface area contributed by atoms with Crippen molar-refractivity contribution in [2.45, 2.75) is 30.7 Å². The van der Waals surface area contributed by atoms with E-state index in [1.54, 1.807) is 31.5 Å². The Bertz CT molecular complexity index is 776. The number of nitrogens with one attached hydrogen (secondary N) is 1. The molecular formula is C16H19N3O3S. The van der Waals surface area contributed by atoms with Crippen LogP contribution in [0.5, 0.6) is 0 Å². The van der Waals surface area contributed by atoms with Gasteiger partial charge in [0.1, 0.15) is 0 Å². The smallest absolute Gasteiger partial charge is 0.238 e. The van der Waals surface area contributed by atoms with E-state index in [1.165, 1.54) is 12.1 Å². The first kappa shape index (κ1) is 17.1. The molecular weight excluding hydrogens is 314 g/mol. The molecule has 1 amide bonds. The summed E-state index contributed by atoms with van der Waals surface area (Å²) in [6.07, 6.45) is 4.35. The molecule has 1 aromatic carbocycles. The van der Waals surface area contributed by atoms with Crippen molar-refractivity contribution in [1.82, 2.24) is 10.3 Å². The van der Waals surface area contributed by atoms with Gasteiger partial charge in [0.15, 0.2) is 0 Å². The molecule has 23 heavy (non-hydrogen) atoms. The van der Waals surface area contributed by atoms with Crippen molar-refractivity contribution in [3.8, 4) is 0 Å². The fourth-order valence-corrected chi connectivity index (χ4v) is 2.73. The van der Waals surface area contributed by atoms with Crippen LogP contribution in [0.2, 0.25) is 0 Å². The average molecular weight is 333 g/mol. The highest BCUT2D eigenvalue weighted by atomic mass is 32.2. The van der Waals surface area contributed by atoms with Crippen LogP contribution in [-0.4, -0.2) is 19.3 Å². The maximum Gasteiger partial charge on any atom is 0.238 e. The maximum absolute atomic E-state index is 12.0. The number of rotatable bonds is 6. The lowest BCUT2D eigenvalue weighted by Gasteiger charge is -2.15. The van der Waals surface area contributed by atoms with Gasteiger partial charge < -0.3 is 5.32 Å². The molecule has 0 bridgehead atoms. The molecule has 0 aliphatic carbocycles. The van der Waals surface area contributed by atoms with Crippen molar-refractivity contribution in [3.63, 3.8) is 0 Å². The zero-order chi connectivity index (χ0) is 16.9. The number of pyridine rings is 1. The highest BCUT2D eigenvalue weighted by Gasteiger charge is 2.13. The van der Waals surface area contributed by atoms with Gasteiger partial charge in [-0.1, -0.05) is 18.2 Å². The van der Waals surface area contributed by atoms with Gasteiger partial charge in [0.25, 0.3) is 0 Å². The second kappa shape index (κ2) is 7.34. The Morgan fingerprint density at radius 3 is 2.74 bits per heavy atom. The Hall–Kier alpha value is -2.25. The summed E-state index contributed by atoms with van der Waals surface area (Å²) in [5.74, 6) is -0.109. The topological polar surface area (TPSA) is 102 Å². The van der Waals surface area contributed by atoms with Gasteiger partial charge in [0.05, 0.1) is 10.9 Å². The van der Waals surface area contributed by atoms with E-state index in [1.807, 2.05) is 12.1 Å². The zero-order valence-electron chi connectivity index (χ0n) is 12.8. The van der Waals surface area contributed by atoms with E-state index in [4.69, 9.17) is 5.14 Å². The third-order valence-electron chi connectivity index (χ3n) is 3.43. The summed E-state index contributed by atoms with van der Waals surface area (Å²) >= 11 is 0. The molecule has 1 aromatic heterocycles. The van der Waals surface area contributed by atoms with Gasteiger partial charge in [-0.2, -0.15) is 0 Å². The quantitative estimate of drug-likeness (QED) is 0.837. The maximum atomic E-state index is 12.0. The summed E-state index contributed by atoms with van der Waals surface area (Å²) in [7, 11) is -3.75. The summed E-state index contributed by atoms with van der Waals surface area (Å²) in [4.78, 5) is 16.0. The fraction of sp³-hybridized carbons (Fsp3) is 0.250. The number of nitrogens with two attached hydrogens (primary N) is 1. The number of hydrogen-bond acceptors (Lipinski definition) is 4. The monoisotopic (exact) mass is 333 g/mol. The number of carbonyl (C=O) groups excluding carboxylic acids is 1. The lowest BCUT2D eigenvalue weighted by Crippen LogP contribution is -2.27. The van der Waals surface area contributed by atoms with Crippen LogP contribution in [0.3, 0.4) is 0 Å². The van der Waals surface area contributed by atoms with Crippen LogP contribution in [0.25, 0.3) is 0 Å². The lowest BCUT2D eigenvalue weighted by atomic mass is 10.1. The number of sulfonamides is 1. The minimum absolute atomic E-state index is 0.0338. The summed E-state index contributed by atoms with van der Waals surface area (Å²) in [6, 6.07) is 9.69. The number of carbonyl (C=O) groups is 1. The van der Waals surface area contributed by atoms with Crippen LogP contribution < -0.4 is 10.5 Å². The molecule has 0 spiro atoms. The molecule has 1 atom stereocenters. The minimum Gasteiger partial charge on any atom is -0.350 e. The SMILES string of the molecule is CC(NC(=O)CCc1cccnc1)c1cccc(S(N)(=O)=O)c1. The molecule has 6 nitrogen and oxygen atoms in total. The molecule has 0 saturated heterocycles.